The number of rotatable bonds is 3. The van der Waals surface area contributed by atoms with Gasteiger partial charge in [0, 0.05) is 25.0 Å². The molecule has 0 aliphatic carbocycles. The van der Waals surface area contributed by atoms with E-state index < -0.39 is 0 Å². The van der Waals surface area contributed by atoms with Crippen molar-refractivity contribution in [2.24, 2.45) is 5.10 Å². The van der Waals surface area contributed by atoms with Crippen molar-refractivity contribution in [3.8, 4) is 0 Å². The van der Waals surface area contributed by atoms with Crippen LogP contribution in [0.1, 0.15) is 34.3 Å². The molecule has 3 aromatic rings. The Labute approximate surface area is 148 Å². The van der Waals surface area contributed by atoms with Gasteiger partial charge < -0.3 is 4.57 Å². The van der Waals surface area contributed by atoms with E-state index in [-0.39, 0.29) is 12.1 Å². The first-order valence-electron chi connectivity index (χ1n) is 8.56. The van der Waals surface area contributed by atoms with Gasteiger partial charge in [0.1, 0.15) is 6.04 Å². The molecule has 126 valence electrons. The third-order valence-electron chi connectivity index (χ3n) is 4.86. The number of benzene rings is 2. The van der Waals surface area contributed by atoms with Crippen molar-refractivity contribution in [3.05, 3.63) is 89.5 Å². The van der Waals surface area contributed by atoms with Crippen LogP contribution < -0.4 is 0 Å². The molecule has 0 unspecified atom stereocenters. The molecule has 2 atom stereocenters. The summed E-state index contributed by atoms with van der Waals surface area (Å²) in [6.07, 6.45) is 5.74. The molecule has 0 radical (unpaired) electrons. The van der Waals surface area contributed by atoms with Crippen molar-refractivity contribution in [2.45, 2.75) is 25.9 Å². The van der Waals surface area contributed by atoms with Gasteiger partial charge >= 0.3 is 0 Å². The Kier molecular flexibility index (Phi) is 3.88. The number of imidazole rings is 1. The molecule has 4 nitrogen and oxygen atoms in total. The van der Waals surface area contributed by atoms with Crippen LogP contribution in [0.4, 0.5) is 0 Å². The number of hydrazone groups is 1. The maximum absolute atomic E-state index is 4.91. The fourth-order valence-corrected chi connectivity index (χ4v) is 3.50. The fourth-order valence-electron chi connectivity index (χ4n) is 3.50. The second-order valence-electron chi connectivity index (χ2n) is 6.74. The van der Waals surface area contributed by atoms with Crippen molar-refractivity contribution in [1.29, 1.82) is 0 Å². The zero-order valence-corrected chi connectivity index (χ0v) is 14.8. The molecule has 2 heterocycles. The lowest BCUT2D eigenvalue weighted by atomic mass is 9.92. The van der Waals surface area contributed by atoms with Gasteiger partial charge in [-0.2, -0.15) is 5.10 Å². The van der Waals surface area contributed by atoms with E-state index in [1.165, 1.54) is 16.7 Å². The van der Waals surface area contributed by atoms with Crippen LogP contribution in [0.15, 0.2) is 72.4 Å². The largest absolute Gasteiger partial charge is 0.326 e. The van der Waals surface area contributed by atoms with Crippen LogP contribution in [-0.2, 0) is 0 Å². The summed E-state index contributed by atoms with van der Waals surface area (Å²) in [4.78, 5) is 4.27. The van der Waals surface area contributed by atoms with Crippen LogP contribution in [-0.4, -0.2) is 27.3 Å². The molecule has 0 spiro atoms. The molecule has 0 bridgehead atoms. The molecule has 2 aromatic carbocycles. The van der Waals surface area contributed by atoms with Gasteiger partial charge in [-0.3, -0.25) is 5.01 Å². The van der Waals surface area contributed by atoms with E-state index in [1.807, 2.05) is 18.7 Å². The SMILES string of the molecule is Cc1ccc(C2=NN(C)[C@H](c3ccc(C)cc3)[C@@H]2n2ccnc2)cc1. The molecule has 0 fully saturated rings. The molecule has 0 amide bonds. The average molecular weight is 330 g/mol. The number of aromatic nitrogens is 2. The molecular weight excluding hydrogens is 308 g/mol. The summed E-state index contributed by atoms with van der Waals surface area (Å²) >= 11 is 0. The monoisotopic (exact) mass is 330 g/mol. The van der Waals surface area contributed by atoms with Gasteiger partial charge in [-0.1, -0.05) is 59.7 Å². The van der Waals surface area contributed by atoms with Gasteiger partial charge in [-0.25, -0.2) is 4.98 Å². The highest BCUT2D eigenvalue weighted by atomic mass is 15.5. The Morgan fingerprint density at radius 2 is 1.48 bits per heavy atom. The first kappa shape index (κ1) is 15.6. The van der Waals surface area contributed by atoms with Crippen molar-refractivity contribution in [1.82, 2.24) is 14.6 Å². The minimum Gasteiger partial charge on any atom is -0.326 e. The molecule has 0 saturated carbocycles. The molecule has 1 aromatic heterocycles. The lowest BCUT2D eigenvalue weighted by Crippen LogP contribution is -2.26. The van der Waals surface area contributed by atoms with E-state index in [0.717, 1.165) is 11.3 Å². The molecule has 0 N–H and O–H groups in total. The van der Waals surface area contributed by atoms with Crippen LogP contribution in [0.25, 0.3) is 0 Å². The molecule has 4 heteroatoms. The number of nitrogens with zero attached hydrogens (tertiary/aromatic N) is 4. The third kappa shape index (κ3) is 2.84. The maximum atomic E-state index is 4.91. The Bertz CT molecular complexity index is 877. The number of hydrogen-bond donors (Lipinski definition) is 0. The van der Waals surface area contributed by atoms with Gasteiger partial charge in [0.05, 0.1) is 18.1 Å². The second-order valence-corrected chi connectivity index (χ2v) is 6.74. The number of hydrogen-bond acceptors (Lipinski definition) is 3. The Morgan fingerprint density at radius 3 is 2.08 bits per heavy atom. The normalized spacial score (nSPS) is 20.0. The highest BCUT2D eigenvalue weighted by molar-refractivity contribution is 6.04. The maximum Gasteiger partial charge on any atom is 0.105 e. The predicted octanol–water partition coefficient (Wildman–Crippen LogP) is 4.13. The zero-order valence-electron chi connectivity index (χ0n) is 14.8. The Hall–Kier alpha value is -2.88. The van der Waals surface area contributed by atoms with Gasteiger partial charge in [0.15, 0.2) is 0 Å². The Morgan fingerprint density at radius 1 is 0.840 bits per heavy atom. The summed E-state index contributed by atoms with van der Waals surface area (Å²) in [6.45, 7) is 4.22. The fraction of sp³-hybridized carbons (Fsp3) is 0.238. The molecule has 1 aliphatic heterocycles. The summed E-state index contributed by atoms with van der Waals surface area (Å²) in [5.41, 5.74) is 6.02. The van der Waals surface area contributed by atoms with Crippen molar-refractivity contribution in [3.63, 3.8) is 0 Å². The minimum absolute atomic E-state index is 0.0953. The van der Waals surface area contributed by atoms with E-state index in [4.69, 9.17) is 5.10 Å². The summed E-state index contributed by atoms with van der Waals surface area (Å²) in [5.74, 6) is 0. The van der Waals surface area contributed by atoms with Crippen LogP contribution in [0, 0.1) is 13.8 Å². The van der Waals surface area contributed by atoms with Crippen LogP contribution in [0.5, 0.6) is 0 Å². The summed E-state index contributed by atoms with van der Waals surface area (Å²) in [5, 5.41) is 6.98. The highest BCUT2D eigenvalue weighted by Gasteiger charge is 2.38. The van der Waals surface area contributed by atoms with Gasteiger partial charge in [0.2, 0.25) is 0 Å². The Balaban J connectivity index is 1.80. The first-order chi connectivity index (χ1) is 12.1. The van der Waals surface area contributed by atoms with E-state index in [2.05, 4.69) is 84.0 Å². The minimum atomic E-state index is 0.0953. The average Bonchev–Trinajstić information content (AvgIpc) is 3.24. The van der Waals surface area contributed by atoms with Crippen LogP contribution in [0.3, 0.4) is 0 Å². The van der Waals surface area contributed by atoms with Gasteiger partial charge in [0.25, 0.3) is 0 Å². The summed E-state index contributed by atoms with van der Waals surface area (Å²) < 4.78 is 2.16. The van der Waals surface area contributed by atoms with E-state index in [1.54, 1.807) is 0 Å². The summed E-state index contributed by atoms with van der Waals surface area (Å²) in [7, 11) is 2.05. The number of likely N-dealkylation sites (N-methyl/N-ethyl adjacent to an activating group) is 1. The topological polar surface area (TPSA) is 33.4 Å². The summed E-state index contributed by atoms with van der Waals surface area (Å²) in [6, 6.07) is 17.6. The van der Waals surface area contributed by atoms with Gasteiger partial charge in [-0.05, 0) is 19.4 Å². The smallest absolute Gasteiger partial charge is 0.105 e. The highest BCUT2D eigenvalue weighted by Crippen LogP contribution is 2.39. The molecule has 1 aliphatic rings. The third-order valence-corrected chi connectivity index (χ3v) is 4.86. The quantitative estimate of drug-likeness (QED) is 0.723. The predicted molar refractivity (Wildman–Crippen MR) is 101 cm³/mol. The van der Waals surface area contributed by atoms with E-state index >= 15 is 0 Å². The standard InChI is InChI=1S/C21H22N4/c1-15-4-8-17(9-5-15)19-21(25-13-12-22-14-25)20(24(3)23-19)18-10-6-16(2)7-11-18/h4-14,20-21H,1-3H3/t20-,21-/m1/s1. The first-order valence-corrected chi connectivity index (χ1v) is 8.56. The van der Waals surface area contributed by atoms with Crippen molar-refractivity contribution in [2.75, 3.05) is 7.05 Å². The van der Waals surface area contributed by atoms with Gasteiger partial charge in [-0.15, -0.1) is 0 Å². The lowest BCUT2D eigenvalue weighted by Gasteiger charge is -2.27. The van der Waals surface area contributed by atoms with Crippen molar-refractivity contribution >= 4 is 5.71 Å². The lowest BCUT2D eigenvalue weighted by molar-refractivity contribution is 0.250. The molecule has 0 saturated heterocycles. The molecule has 4 rings (SSSR count). The van der Waals surface area contributed by atoms with Crippen molar-refractivity contribution < 1.29 is 0 Å². The van der Waals surface area contributed by atoms with E-state index in [0.29, 0.717) is 0 Å². The van der Waals surface area contributed by atoms with Crippen LogP contribution >= 0.6 is 0 Å². The number of aryl methyl sites for hydroxylation is 2. The molecule has 25 heavy (non-hydrogen) atoms. The molecular formula is C21H22N4. The second kappa shape index (κ2) is 6.20. The zero-order chi connectivity index (χ0) is 17.4. The van der Waals surface area contributed by atoms with Crippen LogP contribution in [0.2, 0.25) is 0 Å². The van der Waals surface area contributed by atoms with E-state index in [9.17, 15) is 0 Å².